The van der Waals surface area contributed by atoms with E-state index in [2.05, 4.69) is 10.2 Å². The Balaban J connectivity index is 1.87. The molecule has 5 nitrogen and oxygen atoms in total. The lowest BCUT2D eigenvalue weighted by Crippen LogP contribution is -2.42. The number of carbonyl (C=O) groups excluding carboxylic acids is 1. The van der Waals surface area contributed by atoms with Crippen LogP contribution in [0.5, 0.6) is 0 Å². The standard InChI is InChI=1S/C15H25N3O2/c1-11-3-4-15(20-11)14(9-16)18-7-5-13(6-8-18)10-17-12(2)19/h3-4,13-14H,5-10,16H2,1-2H3,(H,17,19). The molecule has 1 saturated heterocycles. The third-order valence-corrected chi connectivity index (χ3v) is 4.04. The number of nitrogens with two attached hydrogens (primary N) is 1. The van der Waals surface area contributed by atoms with Crippen LogP contribution in [0.3, 0.4) is 0 Å². The van der Waals surface area contributed by atoms with Gasteiger partial charge in [-0.3, -0.25) is 9.69 Å². The minimum Gasteiger partial charge on any atom is -0.465 e. The first kappa shape index (κ1) is 15.1. The Labute approximate surface area is 120 Å². The number of amides is 1. The van der Waals surface area contributed by atoms with Crippen molar-refractivity contribution in [3.8, 4) is 0 Å². The van der Waals surface area contributed by atoms with Crippen LogP contribution in [0, 0.1) is 12.8 Å². The highest BCUT2D eigenvalue weighted by Gasteiger charge is 2.27. The Morgan fingerprint density at radius 2 is 2.20 bits per heavy atom. The van der Waals surface area contributed by atoms with E-state index in [4.69, 9.17) is 10.2 Å². The third-order valence-electron chi connectivity index (χ3n) is 4.04. The summed E-state index contributed by atoms with van der Waals surface area (Å²) < 4.78 is 5.72. The van der Waals surface area contributed by atoms with Gasteiger partial charge in [-0.2, -0.15) is 0 Å². The van der Waals surface area contributed by atoms with Gasteiger partial charge >= 0.3 is 0 Å². The molecule has 1 aromatic heterocycles. The lowest BCUT2D eigenvalue weighted by atomic mass is 9.95. The molecule has 0 bridgehead atoms. The highest BCUT2D eigenvalue weighted by molar-refractivity contribution is 5.72. The average molecular weight is 279 g/mol. The predicted octanol–water partition coefficient (Wildman–Crippen LogP) is 1.44. The number of likely N-dealkylation sites (tertiary alicyclic amines) is 1. The van der Waals surface area contributed by atoms with Crippen LogP contribution in [-0.4, -0.2) is 37.0 Å². The third kappa shape index (κ3) is 3.84. The fourth-order valence-corrected chi connectivity index (χ4v) is 2.83. The SMILES string of the molecule is CC(=O)NCC1CCN(C(CN)c2ccc(C)o2)CC1. The smallest absolute Gasteiger partial charge is 0.216 e. The second-order valence-corrected chi connectivity index (χ2v) is 5.62. The van der Waals surface area contributed by atoms with Gasteiger partial charge in [0, 0.05) is 20.0 Å². The van der Waals surface area contributed by atoms with Crippen molar-refractivity contribution < 1.29 is 9.21 Å². The lowest BCUT2D eigenvalue weighted by molar-refractivity contribution is -0.119. The van der Waals surface area contributed by atoms with Crippen molar-refractivity contribution in [2.75, 3.05) is 26.2 Å². The quantitative estimate of drug-likeness (QED) is 0.855. The molecule has 1 aromatic rings. The van der Waals surface area contributed by atoms with Gasteiger partial charge in [0.25, 0.3) is 0 Å². The Hall–Kier alpha value is -1.33. The summed E-state index contributed by atoms with van der Waals surface area (Å²) >= 11 is 0. The summed E-state index contributed by atoms with van der Waals surface area (Å²) in [7, 11) is 0. The summed E-state index contributed by atoms with van der Waals surface area (Å²) in [5.41, 5.74) is 5.92. The maximum atomic E-state index is 10.9. The molecular weight excluding hydrogens is 254 g/mol. The number of hydrogen-bond acceptors (Lipinski definition) is 4. The van der Waals surface area contributed by atoms with Crippen molar-refractivity contribution in [2.24, 2.45) is 11.7 Å². The molecule has 112 valence electrons. The van der Waals surface area contributed by atoms with Gasteiger partial charge in [0.2, 0.25) is 5.91 Å². The van der Waals surface area contributed by atoms with Gasteiger partial charge in [-0.05, 0) is 50.9 Å². The number of hydrogen-bond donors (Lipinski definition) is 2. The van der Waals surface area contributed by atoms with Crippen LogP contribution in [0.25, 0.3) is 0 Å². The molecule has 0 aliphatic carbocycles. The van der Waals surface area contributed by atoms with Crippen molar-refractivity contribution in [2.45, 2.75) is 32.7 Å². The van der Waals surface area contributed by atoms with Crippen molar-refractivity contribution in [1.29, 1.82) is 0 Å². The van der Waals surface area contributed by atoms with Gasteiger partial charge in [0.05, 0.1) is 6.04 Å². The molecular formula is C15H25N3O2. The highest BCUT2D eigenvalue weighted by atomic mass is 16.3. The van der Waals surface area contributed by atoms with Crippen LogP contribution >= 0.6 is 0 Å². The summed E-state index contributed by atoms with van der Waals surface area (Å²) in [6.45, 7) is 6.90. The summed E-state index contributed by atoms with van der Waals surface area (Å²) in [6.07, 6.45) is 2.19. The number of nitrogens with one attached hydrogen (secondary N) is 1. The van der Waals surface area contributed by atoms with Gasteiger partial charge in [-0.1, -0.05) is 0 Å². The second kappa shape index (κ2) is 6.90. The molecule has 0 radical (unpaired) electrons. The van der Waals surface area contributed by atoms with Crippen LogP contribution in [0.4, 0.5) is 0 Å². The molecule has 1 amide bonds. The van der Waals surface area contributed by atoms with Crippen molar-refractivity contribution in [1.82, 2.24) is 10.2 Å². The number of piperidine rings is 1. The van der Waals surface area contributed by atoms with Gasteiger partial charge in [-0.25, -0.2) is 0 Å². The van der Waals surface area contributed by atoms with E-state index in [0.29, 0.717) is 12.5 Å². The van der Waals surface area contributed by atoms with Gasteiger partial charge in [0.15, 0.2) is 0 Å². The first-order chi connectivity index (χ1) is 9.60. The Kier molecular flexibility index (Phi) is 5.20. The Bertz CT molecular complexity index is 436. The first-order valence-electron chi connectivity index (χ1n) is 7.35. The van der Waals surface area contributed by atoms with E-state index in [9.17, 15) is 4.79 Å². The molecule has 2 heterocycles. The molecule has 5 heteroatoms. The topological polar surface area (TPSA) is 71.5 Å². The molecule has 0 spiro atoms. The summed E-state index contributed by atoms with van der Waals surface area (Å²) in [4.78, 5) is 13.3. The van der Waals surface area contributed by atoms with E-state index in [1.807, 2.05) is 19.1 Å². The zero-order valence-corrected chi connectivity index (χ0v) is 12.4. The number of nitrogens with zero attached hydrogens (tertiary/aromatic N) is 1. The van der Waals surface area contributed by atoms with E-state index < -0.39 is 0 Å². The van der Waals surface area contributed by atoms with Gasteiger partial charge in [0.1, 0.15) is 11.5 Å². The predicted molar refractivity (Wildman–Crippen MR) is 78.2 cm³/mol. The molecule has 1 aliphatic heterocycles. The van der Waals surface area contributed by atoms with Crippen LogP contribution in [-0.2, 0) is 4.79 Å². The molecule has 0 saturated carbocycles. The molecule has 20 heavy (non-hydrogen) atoms. The summed E-state index contributed by atoms with van der Waals surface area (Å²) in [5.74, 6) is 2.52. The maximum Gasteiger partial charge on any atom is 0.216 e. The molecule has 1 fully saturated rings. The Morgan fingerprint density at radius 1 is 1.50 bits per heavy atom. The van der Waals surface area contributed by atoms with Crippen molar-refractivity contribution in [3.05, 3.63) is 23.7 Å². The molecule has 3 N–H and O–H groups in total. The van der Waals surface area contributed by atoms with Crippen LogP contribution < -0.4 is 11.1 Å². The van der Waals surface area contributed by atoms with Crippen LogP contribution in [0.2, 0.25) is 0 Å². The van der Waals surface area contributed by atoms with Crippen molar-refractivity contribution >= 4 is 5.91 Å². The zero-order valence-electron chi connectivity index (χ0n) is 12.4. The van der Waals surface area contributed by atoms with E-state index >= 15 is 0 Å². The minimum atomic E-state index is 0.0540. The van der Waals surface area contributed by atoms with Gasteiger partial charge in [-0.15, -0.1) is 0 Å². The normalized spacial score (nSPS) is 18.9. The molecule has 2 rings (SSSR count). The molecule has 1 unspecified atom stereocenters. The number of rotatable bonds is 5. The molecule has 1 aliphatic rings. The van der Waals surface area contributed by atoms with Crippen molar-refractivity contribution in [3.63, 3.8) is 0 Å². The van der Waals surface area contributed by atoms with Crippen LogP contribution in [0.1, 0.15) is 37.3 Å². The average Bonchev–Trinajstić information content (AvgIpc) is 2.85. The van der Waals surface area contributed by atoms with E-state index in [0.717, 1.165) is 44.0 Å². The monoisotopic (exact) mass is 279 g/mol. The number of aryl methyl sites for hydroxylation is 1. The summed E-state index contributed by atoms with van der Waals surface area (Å²) in [6, 6.07) is 4.18. The lowest BCUT2D eigenvalue weighted by Gasteiger charge is -2.36. The fourth-order valence-electron chi connectivity index (χ4n) is 2.83. The first-order valence-corrected chi connectivity index (χ1v) is 7.35. The van der Waals surface area contributed by atoms with E-state index in [1.165, 1.54) is 0 Å². The molecule has 0 aromatic carbocycles. The maximum absolute atomic E-state index is 10.9. The Morgan fingerprint density at radius 3 is 2.70 bits per heavy atom. The van der Waals surface area contributed by atoms with E-state index in [1.54, 1.807) is 6.92 Å². The van der Waals surface area contributed by atoms with E-state index in [-0.39, 0.29) is 11.9 Å². The largest absolute Gasteiger partial charge is 0.465 e. The van der Waals surface area contributed by atoms with Crippen LogP contribution in [0.15, 0.2) is 16.5 Å². The second-order valence-electron chi connectivity index (χ2n) is 5.62. The highest BCUT2D eigenvalue weighted by Crippen LogP contribution is 2.27. The zero-order chi connectivity index (χ0) is 14.5. The summed E-state index contributed by atoms with van der Waals surface area (Å²) in [5, 5.41) is 2.91. The minimum absolute atomic E-state index is 0.0540. The fraction of sp³-hybridized carbons (Fsp3) is 0.667. The number of carbonyl (C=O) groups is 1. The van der Waals surface area contributed by atoms with Gasteiger partial charge < -0.3 is 15.5 Å². The number of furan rings is 1. The molecule has 1 atom stereocenters.